The Morgan fingerprint density at radius 3 is 2.57 bits per heavy atom. The summed E-state index contributed by atoms with van der Waals surface area (Å²) in [5.41, 5.74) is 0. The van der Waals surface area contributed by atoms with Crippen molar-refractivity contribution in [3.05, 3.63) is 0 Å². The summed E-state index contributed by atoms with van der Waals surface area (Å²) in [4.78, 5) is 10.2. The van der Waals surface area contributed by atoms with Crippen molar-refractivity contribution >= 4 is 6.09 Å². The van der Waals surface area contributed by atoms with Crippen molar-refractivity contribution in [2.45, 2.75) is 18.6 Å². The van der Waals surface area contributed by atoms with Crippen LogP contribution in [-0.4, -0.2) is 36.5 Å². The number of nitrogens with one attached hydrogen (secondary N) is 2. The number of halogens is 3. The zero-order valence-electron chi connectivity index (χ0n) is 7.27. The van der Waals surface area contributed by atoms with E-state index in [1.54, 1.807) is 0 Å². The fourth-order valence-electron chi connectivity index (χ4n) is 1.48. The summed E-state index contributed by atoms with van der Waals surface area (Å²) in [5.74, 6) is -1.46. The molecule has 1 saturated heterocycles. The zero-order chi connectivity index (χ0) is 10.8. The van der Waals surface area contributed by atoms with Crippen molar-refractivity contribution < 1.29 is 23.1 Å². The van der Waals surface area contributed by atoms with Crippen molar-refractivity contribution in [3.63, 3.8) is 0 Å². The second-order valence-corrected chi connectivity index (χ2v) is 3.28. The third-order valence-electron chi connectivity index (χ3n) is 2.14. The monoisotopic (exact) mass is 212 g/mol. The molecule has 1 aliphatic heterocycles. The van der Waals surface area contributed by atoms with Gasteiger partial charge in [0.1, 0.15) is 0 Å². The Bertz CT molecular complexity index is 219. The fourth-order valence-corrected chi connectivity index (χ4v) is 1.48. The Kier molecular flexibility index (Phi) is 3.20. The van der Waals surface area contributed by atoms with E-state index in [9.17, 15) is 18.0 Å². The van der Waals surface area contributed by atoms with Gasteiger partial charge in [-0.25, -0.2) is 4.79 Å². The summed E-state index contributed by atoms with van der Waals surface area (Å²) in [5, 5.41) is 12.9. The summed E-state index contributed by atoms with van der Waals surface area (Å²) in [6, 6.07) is -0.659. The second-order valence-electron chi connectivity index (χ2n) is 3.28. The van der Waals surface area contributed by atoms with Crippen molar-refractivity contribution in [1.82, 2.24) is 10.6 Å². The smallest absolute Gasteiger partial charge is 0.404 e. The summed E-state index contributed by atoms with van der Waals surface area (Å²) in [6.45, 7) is 0.111. The van der Waals surface area contributed by atoms with Crippen molar-refractivity contribution in [3.8, 4) is 0 Å². The highest BCUT2D eigenvalue weighted by molar-refractivity contribution is 5.64. The minimum atomic E-state index is -4.26. The highest BCUT2D eigenvalue weighted by Crippen LogP contribution is 2.30. The summed E-state index contributed by atoms with van der Waals surface area (Å²) >= 11 is 0. The van der Waals surface area contributed by atoms with E-state index in [1.165, 1.54) is 0 Å². The molecule has 14 heavy (non-hydrogen) atoms. The third kappa shape index (κ3) is 3.06. The average molecular weight is 212 g/mol. The normalized spacial score (nSPS) is 28.5. The number of rotatable bonds is 1. The van der Waals surface area contributed by atoms with E-state index in [-0.39, 0.29) is 19.5 Å². The molecule has 0 bridgehead atoms. The van der Waals surface area contributed by atoms with Crippen molar-refractivity contribution in [1.29, 1.82) is 0 Å². The highest BCUT2D eigenvalue weighted by Gasteiger charge is 2.42. The van der Waals surface area contributed by atoms with Gasteiger partial charge < -0.3 is 15.7 Å². The standard InChI is InChI=1S/C7H11F3N2O2/c8-7(9,10)4-1-5(3-11-2-4)12-6(13)14/h4-5,11-12H,1-3H2,(H,13,14)/t4-,5+/m1/s1. The minimum absolute atomic E-state index is 0.138. The molecule has 7 heteroatoms. The molecule has 4 nitrogen and oxygen atoms in total. The fraction of sp³-hybridized carbons (Fsp3) is 0.857. The Balaban J connectivity index is 2.48. The van der Waals surface area contributed by atoms with Crippen LogP contribution in [0.15, 0.2) is 0 Å². The molecule has 2 atom stereocenters. The van der Waals surface area contributed by atoms with Crippen LogP contribution in [0.25, 0.3) is 0 Å². The highest BCUT2D eigenvalue weighted by atomic mass is 19.4. The molecular formula is C7H11F3N2O2. The maximum absolute atomic E-state index is 12.2. The molecule has 0 aliphatic carbocycles. The van der Waals surface area contributed by atoms with Gasteiger partial charge in [0.05, 0.1) is 5.92 Å². The molecule has 0 aromatic carbocycles. The van der Waals surface area contributed by atoms with E-state index >= 15 is 0 Å². The lowest BCUT2D eigenvalue weighted by Crippen LogP contribution is -2.51. The molecule has 0 aromatic heterocycles. The molecule has 0 radical (unpaired) electrons. The van der Waals surface area contributed by atoms with Gasteiger partial charge in [0, 0.05) is 19.1 Å². The number of carbonyl (C=O) groups is 1. The van der Waals surface area contributed by atoms with Crippen LogP contribution in [0.4, 0.5) is 18.0 Å². The van der Waals surface area contributed by atoms with Crippen LogP contribution in [0.1, 0.15) is 6.42 Å². The lowest BCUT2D eigenvalue weighted by molar-refractivity contribution is -0.179. The van der Waals surface area contributed by atoms with Crippen LogP contribution in [0, 0.1) is 5.92 Å². The van der Waals surface area contributed by atoms with Gasteiger partial charge in [-0.3, -0.25) is 0 Å². The first kappa shape index (κ1) is 11.1. The van der Waals surface area contributed by atoms with Gasteiger partial charge in [0.25, 0.3) is 0 Å². The first-order chi connectivity index (χ1) is 6.39. The summed E-state index contributed by atoms with van der Waals surface area (Å²) < 4.78 is 36.7. The van der Waals surface area contributed by atoms with Crippen molar-refractivity contribution in [2.24, 2.45) is 5.92 Å². The second kappa shape index (κ2) is 4.04. The molecule has 0 aromatic rings. The molecule has 1 heterocycles. The lowest BCUT2D eigenvalue weighted by Gasteiger charge is -2.30. The number of piperidine rings is 1. The van der Waals surface area contributed by atoms with Gasteiger partial charge in [-0.05, 0) is 6.42 Å². The Hall–Kier alpha value is -0.980. The number of carboxylic acid groups (broad SMARTS) is 1. The lowest BCUT2D eigenvalue weighted by atomic mass is 9.95. The van der Waals surface area contributed by atoms with Gasteiger partial charge >= 0.3 is 12.3 Å². The van der Waals surface area contributed by atoms with Crippen LogP contribution < -0.4 is 10.6 Å². The van der Waals surface area contributed by atoms with Crippen LogP contribution in [0.3, 0.4) is 0 Å². The molecule has 1 rings (SSSR count). The molecular weight excluding hydrogens is 201 g/mol. The molecule has 0 unspecified atom stereocenters. The largest absolute Gasteiger partial charge is 0.465 e. The third-order valence-corrected chi connectivity index (χ3v) is 2.14. The van der Waals surface area contributed by atoms with E-state index in [2.05, 4.69) is 5.32 Å². The molecule has 1 aliphatic rings. The molecule has 1 amide bonds. The molecule has 3 N–H and O–H groups in total. The Morgan fingerprint density at radius 1 is 1.43 bits per heavy atom. The first-order valence-electron chi connectivity index (χ1n) is 4.16. The predicted octanol–water partition coefficient (Wildman–Crippen LogP) is 0.794. The van der Waals surface area contributed by atoms with E-state index in [4.69, 9.17) is 5.11 Å². The quantitative estimate of drug-likeness (QED) is 0.602. The number of hydrogen-bond donors (Lipinski definition) is 3. The summed E-state index contributed by atoms with van der Waals surface area (Å²) in [6.07, 6.45) is -5.74. The molecule has 0 spiro atoms. The SMILES string of the molecule is O=C(O)N[C@@H]1CNC[C@H](C(F)(F)F)C1. The Labute approximate surface area is 78.5 Å². The van der Waals surface area contributed by atoms with Gasteiger partial charge in [-0.15, -0.1) is 0 Å². The molecule has 1 fully saturated rings. The maximum Gasteiger partial charge on any atom is 0.404 e. The van der Waals surface area contributed by atoms with E-state index < -0.39 is 24.2 Å². The van der Waals surface area contributed by atoms with Gasteiger partial charge in [0.15, 0.2) is 0 Å². The van der Waals surface area contributed by atoms with Gasteiger partial charge in [0.2, 0.25) is 0 Å². The van der Waals surface area contributed by atoms with E-state index in [0.29, 0.717) is 0 Å². The van der Waals surface area contributed by atoms with Crippen molar-refractivity contribution in [2.75, 3.05) is 13.1 Å². The van der Waals surface area contributed by atoms with Gasteiger partial charge in [-0.1, -0.05) is 0 Å². The zero-order valence-corrected chi connectivity index (χ0v) is 7.27. The first-order valence-corrected chi connectivity index (χ1v) is 4.16. The molecule has 0 saturated carbocycles. The van der Waals surface area contributed by atoms with Gasteiger partial charge in [-0.2, -0.15) is 13.2 Å². The summed E-state index contributed by atoms with van der Waals surface area (Å²) in [7, 11) is 0. The maximum atomic E-state index is 12.2. The van der Waals surface area contributed by atoms with Crippen LogP contribution in [0.2, 0.25) is 0 Å². The minimum Gasteiger partial charge on any atom is -0.465 e. The topological polar surface area (TPSA) is 61.4 Å². The van der Waals surface area contributed by atoms with Crippen LogP contribution in [0.5, 0.6) is 0 Å². The number of hydrogen-bond acceptors (Lipinski definition) is 2. The van der Waals surface area contributed by atoms with Crippen LogP contribution in [-0.2, 0) is 0 Å². The molecule has 82 valence electrons. The average Bonchev–Trinajstić information content (AvgIpc) is 2.01. The number of alkyl halides is 3. The van der Waals surface area contributed by atoms with Crippen LogP contribution >= 0.6 is 0 Å². The van der Waals surface area contributed by atoms with E-state index in [0.717, 1.165) is 0 Å². The Morgan fingerprint density at radius 2 is 2.07 bits per heavy atom. The number of amides is 1. The van der Waals surface area contributed by atoms with E-state index in [1.807, 2.05) is 5.32 Å². The predicted molar refractivity (Wildman–Crippen MR) is 42.0 cm³/mol.